The minimum absolute atomic E-state index is 0.0130. The van der Waals surface area contributed by atoms with Gasteiger partial charge in [-0.3, -0.25) is 59.8 Å². The molecular weight excluding hydrogens is 896 g/mol. The van der Waals surface area contributed by atoms with E-state index in [0.717, 1.165) is 28.3 Å². The smallest absolute Gasteiger partial charge is 0.308 e. The zero-order valence-corrected chi connectivity index (χ0v) is 35.8. The summed E-state index contributed by atoms with van der Waals surface area (Å²) in [5.41, 5.74) is 3.46. The number of amides is 10. The van der Waals surface area contributed by atoms with Crippen LogP contribution in [0.4, 0.5) is 34.1 Å². The lowest BCUT2D eigenvalue weighted by molar-refractivity contribution is -0.139. The third-order valence-corrected chi connectivity index (χ3v) is 11.7. The van der Waals surface area contributed by atoms with Crippen LogP contribution in [0.15, 0.2) is 72.8 Å². The maximum atomic E-state index is 13.1. The monoisotopic (exact) mass is 934 g/mol. The molecule has 0 radical (unpaired) electrons. The first kappa shape index (κ1) is 46.3. The number of benzene rings is 4. The molecule has 2 fully saturated rings. The van der Waals surface area contributed by atoms with Gasteiger partial charge in [-0.15, -0.1) is 0 Å². The standard InChI is InChI=1S/C23H21F3N4O4.C21H18Cl2N4O4/c1-12-2-5-16(9-17(12)23(24,25)26)27-22(34)29-20(32)13-3-4-14-10-30(11-15(14)8-13)18-6-7-19(31)28-21(18)33;22-14-3-4-15(23)16(8-14)24-21(31)26-19(29)11-1-2-12-9-27(10-13(12)7-11)17-5-6-18(28)25-20(17)30/h2-5,8-9,18H,6-7,10-11H2,1H3,(H,28,31,33)(H2,27,29,32,34);1-4,7-8,17H,5-6,9-10H2,(H,25,28,30)(H2,24,26,29,31). The Bertz CT molecular complexity index is 2660. The summed E-state index contributed by atoms with van der Waals surface area (Å²) in [6.07, 6.45) is -3.11. The van der Waals surface area contributed by atoms with Crippen LogP contribution in [0.2, 0.25) is 10.0 Å². The molecule has 0 aliphatic carbocycles. The molecule has 0 spiro atoms. The van der Waals surface area contributed by atoms with Gasteiger partial charge in [0.05, 0.1) is 28.4 Å². The van der Waals surface area contributed by atoms with Crippen molar-refractivity contribution in [2.45, 2.75) is 77.0 Å². The highest BCUT2D eigenvalue weighted by atomic mass is 35.5. The first-order valence-electron chi connectivity index (χ1n) is 20.1. The normalized spacial score (nSPS) is 18.3. The van der Waals surface area contributed by atoms with Gasteiger partial charge in [-0.2, -0.15) is 13.2 Å². The van der Waals surface area contributed by atoms with E-state index in [2.05, 4.69) is 31.9 Å². The number of halogens is 5. The van der Waals surface area contributed by atoms with Gasteiger partial charge in [0.1, 0.15) is 0 Å². The van der Waals surface area contributed by atoms with Crippen molar-refractivity contribution in [3.8, 4) is 0 Å². The number of rotatable bonds is 6. The van der Waals surface area contributed by atoms with Crippen molar-refractivity contribution in [1.29, 1.82) is 0 Å². The lowest BCUT2D eigenvalue weighted by Gasteiger charge is -2.29. The number of aryl methyl sites for hydroxylation is 1. The quantitative estimate of drug-likeness (QED) is 0.121. The van der Waals surface area contributed by atoms with Crippen LogP contribution in [0.25, 0.3) is 0 Å². The number of urea groups is 2. The second-order valence-electron chi connectivity index (χ2n) is 15.7. The molecule has 4 aromatic rings. The minimum Gasteiger partial charge on any atom is -0.308 e. The molecule has 65 heavy (non-hydrogen) atoms. The SMILES string of the molecule is Cc1ccc(NC(=O)NC(=O)c2ccc3c(c2)CN(C2CCC(=O)NC2=O)C3)cc1C(F)(F)F.O=C1CCC(N2Cc3ccc(C(=O)NC(=O)Nc4cc(Cl)ccc4Cl)cc3C2)C(=O)N1. The number of nitrogens with one attached hydrogen (secondary N) is 6. The number of piperidine rings is 2. The number of nitrogens with zero attached hydrogens (tertiary/aromatic N) is 2. The van der Waals surface area contributed by atoms with Crippen molar-refractivity contribution in [2.24, 2.45) is 0 Å². The average Bonchev–Trinajstić information content (AvgIpc) is 3.86. The van der Waals surface area contributed by atoms with E-state index >= 15 is 0 Å². The van der Waals surface area contributed by atoms with Crippen LogP contribution in [0, 0.1) is 6.92 Å². The number of anilines is 2. The topological polar surface area (TPSA) is 215 Å². The number of hydrogen-bond donors (Lipinski definition) is 6. The molecule has 2 unspecified atom stereocenters. The Hall–Kier alpha value is -6.67. The summed E-state index contributed by atoms with van der Waals surface area (Å²) in [5.74, 6) is -2.48. The molecular formula is C44H39Cl2F3N8O8. The van der Waals surface area contributed by atoms with Gasteiger partial charge >= 0.3 is 18.2 Å². The molecule has 0 bridgehead atoms. The number of carbonyl (C=O) groups excluding carboxylic acids is 8. The lowest BCUT2D eigenvalue weighted by Crippen LogP contribution is -2.50. The van der Waals surface area contributed by atoms with E-state index in [9.17, 15) is 51.5 Å². The van der Waals surface area contributed by atoms with E-state index in [1.807, 2.05) is 15.9 Å². The Balaban J connectivity index is 0.000000195. The third kappa shape index (κ3) is 11.2. The molecule has 4 aliphatic heterocycles. The Labute approximate surface area is 378 Å². The predicted octanol–water partition coefficient (Wildman–Crippen LogP) is 6.17. The minimum atomic E-state index is -4.57. The number of hydrogen-bond acceptors (Lipinski definition) is 10. The molecule has 2 saturated heterocycles. The average molecular weight is 936 g/mol. The van der Waals surface area contributed by atoms with Crippen LogP contribution < -0.4 is 31.9 Å². The van der Waals surface area contributed by atoms with E-state index in [0.29, 0.717) is 56.0 Å². The highest BCUT2D eigenvalue weighted by molar-refractivity contribution is 6.35. The Morgan fingerprint density at radius 1 is 0.631 bits per heavy atom. The van der Waals surface area contributed by atoms with Crippen LogP contribution >= 0.6 is 23.2 Å². The van der Waals surface area contributed by atoms with Gasteiger partial charge in [-0.25, -0.2) is 9.59 Å². The van der Waals surface area contributed by atoms with Crippen LogP contribution in [-0.4, -0.2) is 69.4 Å². The fourth-order valence-corrected chi connectivity index (χ4v) is 8.23. The van der Waals surface area contributed by atoms with Crippen molar-refractivity contribution >= 4 is 82.1 Å². The van der Waals surface area contributed by atoms with Crippen LogP contribution in [-0.2, 0) is 51.5 Å². The van der Waals surface area contributed by atoms with Crippen LogP contribution in [0.3, 0.4) is 0 Å². The van der Waals surface area contributed by atoms with E-state index < -0.39 is 41.7 Å². The molecule has 8 rings (SSSR count). The second-order valence-corrected chi connectivity index (χ2v) is 16.5. The van der Waals surface area contributed by atoms with E-state index in [1.54, 1.807) is 30.3 Å². The second kappa shape index (κ2) is 19.2. The summed E-state index contributed by atoms with van der Waals surface area (Å²) in [5, 5.41) is 14.5. The van der Waals surface area contributed by atoms with Crippen LogP contribution in [0.5, 0.6) is 0 Å². The van der Waals surface area contributed by atoms with Gasteiger partial charge in [0.15, 0.2) is 0 Å². The molecule has 21 heteroatoms. The van der Waals surface area contributed by atoms with Gasteiger partial charge < -0.3 is 10.6 Å². The van der Waals surface area contributed by atoms with Crippen molar-refractivity contribution in [2.75, 3.05) is 10.6 Å². The fourth-order valence-electron chi connectivity index (χ4n) is 7.89. The maximum absolute atomic E-state index is 13.1. The van der Waals surface area contributed by atoms with Crippen molar-refractivity contribution in [3.05, 3.63) is 127 Å². The molecule has 6 N–H and O–H groups in total. The Morgan fingerprint density at radius 3 is 1.62 bits per heavy atom. The van der Waals surface area contributed by atoms with Gasteiger partial charge in [0, 0.05) is 60.9 Å². The molecule has 4 aromatic carbocycles. The van der Waals surface area contributed by atoms with Gasteiger partial charge in [-0.05, 0) is 102 Å². The highest BCUT2D eigenvalue weighted by Crippen LogP contribution is 2.34. The summed E-state index contributed by atoms with van der Waals surface area (Å²) >= 11 is 11.9. The lowest BCUT2D eigenvalue weighted by atomic mass is 10.0. The predicted molar refractivity (Wildman–Crippen MR) is 229 cm³/mol. The number of carbonyl (C=O) groups is 8. The highest BCUT2D eigenvalue weighted by Gasteiger charge is 2.37. The molecule has 4 heterocycles. The van der Waals surface area contributed by atoms with E-state index in [4.69, 9.17) is 23.2 Å². The maximum Gasteiger partial charge on any atom is 0.416 e. The summed E-state index contributed by atoms with van der Waals surface area (Å²) in [6.45, 7) is 3.23. The Morgan fingerprint density at radius 2 is 1.12 bits per heavy atom. The number of alkyl halides is 3. The fraction of sp³-hybridized carbons (Fsp3) is 0.273. The third-order valence-electron chi connectivity index (χ3n) is 11.2. The summed E-state index contributed by atoms with van der Waals surface area (Å²) in [6, 6.07) is 15.4. The Kier molecular flexibility index (Phi) is 13.7. The molecule has 0 aromatic heterocycles. The molecule has 338 valence electrons. The van der Waals surface area contributed by atoms with Crippen LogP contribution in [0.1, 0.15) is 79.8 Å². The number of imide groups is 4. The van der Waals surface area contributed by atoms with E-state index in [1.165, 1.54) is 37.3 Å². The zero-order valence-electron chi connectivity index (χ0n) is 34.3. The number of fused-ring (bicyclic) bond motifs is 2. The van der Waals surface area contributed by atoms with Crippen molar-refractivity contribution < 1.29 is 51.5 Å². The first-order valence-corrected chi connectivity index (χ1v) is 20.8. The zero-order chi connectivity index (χ0) is 46.7. The summed E-state index contributed by atoms with van der Waals surface area (Å²) in [4.78, 5) is 100. The van der Waals surface area contributed by atoms with Crippen molar-refractivity contribution in [3.63, 3.8) is 0 Å². The van der Waals surface area contributed by atoms with Crippen molar-refractivity contribution in [1.82, 2.24) is 31.1 Å². The van der Waals surface area contributed by atoms with Gasteiger partial charge in [0.2, 0.25) is 23.6 Å². The van der Waals surface area contributed by atoms with Gasteiger partial charge in [-0.1, -0.05) is 41.4 Å². The molecule has 2 atom stereocenters. The van der Waals surface area contributed by atoms with Gasteiger partial charge in [0.25, 0.3) is 11.8 Å². The first-order chi connectivity index (χ1) is 30.8. The van der Waals surface area contributed by atoms with E-state index in [-0.39, 0.29) is 63.6 Å². The summed E-state index contributed by atoms with van der Waals surface area (Å²) in [7, 11) is 0. The molecule has 10 amide bonds. The molecule has 0 saturated carbocycles. The molecule has 16 nitrogen and oxygen atoms in total. The largest absolute Gasteiger partial charge is 0.416 e. The molecule has 4 aliphatic rings. The summed E-state index contributed by atoms with van der Waals surface area (Å²) < 4.78 is 39.2.